The molecule has 0 fully saturated rings. The molecule has 16 heavy (non-hydrogen) atoms. The van der Waals surface area contributed by atoms with Crippen molar-refractivity contribution >= 4 is 40.9 Å². The zero-order chi connectivity index (χ0) is 11.4. The molecule has 0 saturated carbocycles. The summed E-state index contributed by atoms with van der Waals surface area (Å²) < 4.78 is 1.10. The quantitative estimate of drug-likeness (QED) is 0.817. The summed E-state index contributed by atoms with van der Waals surface area (Å²) in [7, 11) is 0. The Morgan fingerprint density at radius 2 is 2.19 bits per heavy atom. The molecule has 0 radical (unpaired) electrons. The number of benzene rings is 1. The number of carbonyl (C=O) groups excluding carboxylic acids is 1. The second-order valence-electron chi connectivity index (χ2n) is 3.52. The van der Waals surface area contributed by atoms with E-state index in [0.29, 0.717) is 6.54 Å². The third-order valence-corrected chi connectivity index (χ3v) is 3.41. The highest BCUT2D eigenvalue weighted by atomic mass is 127. The highest BCUT2D eigenvalue weighted by molar-refractivity contribution is 14.1. The lowest BCUT2D eigenvalue weighted by Gasteiger charge is -2.13. The largest absolute Gasteiger partial charge is 0.348 e. The van der Waals surface area contributed by atoms with Crippen molar-refractivity contribution in [2.45, 2.75) is 19.9 Å². The van der Waals surface area contributed by atoms with E-state index < -0.39 is 0 Å². The SMILES string of the molecule is Cc1c(I)cccc1C(=O)N[C@H](C)CN.Cl. The molecule has 90 valence electrons. The maximum Gasteiger partial charge on any atom is 0.251 e. The van der Waals surface area contributed by atoms with Crippen molar-refractivity contribution in [1.29, 1.82) is 0 Å². The van der Waals surface area contributed by atoms with Crippen LogP contribution in [0.2, 0.25) is 0 Å². The highest BCUT2D eigenvalue weighted by Crippen LogP contribution is 2.15. The topological polar surface area (TPSA) is 55.1 Å². The van der Waals surface area contributed by atoms with E-state index in [-0.39, 0.29) is 24.4 Å². The molecule has 0 heterocycles. The average molecular weight is 355 g/mol. The van der Waals surface area contributed by atoms with Gasteiger partial charge in [0, 0.05) is 21.7 Å². The first-order valence-electron chi connectivity index (χ1n) is 4.82. The normalized spacial score (nSPS) is 11.5. The summed E-state index contributed by atoms with van der Waals surface area (Å²) in [6, 6.07) is 5.71. The van der Waals surface area contributed by atoms with E-state index in [0.717, 1.165) is 14.7 Å². The maximum atomic E-state index is 11.8. The van der Waals surface area contributed by atoms with Crippen LogP contribution in [0.4, 0.5) is 0 Å². The number of carbonyl (C=O) groups is 1. The molecule has 0 aliphatic heterocycles. The van der Waals surface area contributed by atoms with E-state index in [2.05, 4.69) is 27.9 Å². The molecule has 5 heteroatoms. The third kappa shape index (κ3) is 3.92. The van der Waals surface area contributed by atoms with Crippen LogP contribution in [0.15, 0.2) is 18.2 Å². The number of hydrogen-bond donors (Lipinski definition) is 2. The van der Waals surface area contributed by atoms with Gasteiger partial charge in [-0.3, -0.25) is 4.79 Å². The molecule has 0 unspecified atom stereocenters. The molecule has 1 amide bonds. The molecule has 3 N–H and O–H groups in total. The average Bonchev–Trinajstić information content (AvgIpc) is 2.21. The molecule has 3 nitrogen and oxygen atoms in total. The molecule has 1 aromatic rings. The predicted molar refractivity (Wildman–Crippen MR) is 77.1 cm³/mol. The molecule has 0 spiro atoms. The predicted octanol–water partition coefficient (Wildman–Crippen LogP) is 2.10. The van der Waals surface area contributed by atoms with Crippen molar-refractivity contribution < 1.29 is 4.79 Å². The summed E-state index contributed by atoms with van der Waals surface area (Å²) >= 11 is 2.22. The number of nitrogens with one attached hydrogen (secondary N) is 1. The standard InChI is InChI=1S/C11H15IN2O.ClH/c1-7(6-13)14-11(15)9-4-3-5-10(12)8(9)2;/h3-5,7H,6,13H2,1-2H3,(H,14,15);1H/t7-;/m1./s1. The number of nitrogens with two attached hydrogens (primary N) is 1. The summed E-state index contributed by atoms with van der Waals surface area (Å²) in [5, 5.41) is 2.85. The van der Waals surface area contributed by atoms with Crippen LogP contribution in [0.25, 0.3) is 0 Å². The zero-order valence-electron chi connectivity index (χ0n) is 9.29. The Kier molecular flexibility index (Phi) is 6.94. The summed E-state index contributed by atoms with van der Waals surface area (Å²) in [6.45, 7) is 4.29. The van der Waals surface area contributed by atoms with E-state index in [1.54, 1.807) is 0 Å². The fourth-order valence-corrected chi connectivity index (χ4v) is 1.71. The van der Waals surface area contributed by atoms with Gasteiger partial charge in [-0.25, -0.2) is 0 Å². The van der Waals surface area contributed by atoms with Crippen LogP contribution >= 0.6 is 35.0 Å². The van der Waals surface area contributed by atoms with E-state index >= 15 is 0 Å². The number of hydrogen-bond acceptors (Lipinski definition) is 2. The van der Waals surface area contributed by atoms with E-state index in [4.69, 9.17) is 5.73 Å². The van der Waals surface area contributed by atoms with Crippen molar-refractivity contribution in [3.8, 4) is 0 Å². The van der Waals surface area contributed by atoms with Gasteiger partial charge < -0.3 is 11.1 Å². The van der Waals surface area contributed by atoms with Gasteiger partial charge in [0.2, 0.25) is 0 Å². The minimum Gasteiger partial charge on any atom is -0.348 e. The first-order chi connectivity index (χ1) is 7.06. The first-order valence-corrected chi connectivity index (χ1v) is 5.90. The van der Waals surface area contributed by atoms with Crippen molar-refractivity contribution in [2.24, 2.45) is 5.73 Å². The second kappa shape index (κ2) is 7.09. The van der Waals surface area contributed by atoms with Crippen LogP contribution in [0.1, 0.15) is 22.8 Å². The van der Waals surface area contributed by atoms with Gasteiger partial charge in [0.25, 0.3) is 5.91 Å². The van der Waals surface area contributed by atoms with Crippen molar-refractivity contribution in [2.75, 3.05) is 6.54 Å². The zero-order valence-corrected chi connectivity index (χ0v) is 12.3. The number of rotatable bonds is 3. The van der Waals surface area contributed by atoms with Gasteiger partial charge in [-0.1, -0.05) is 6.07 Å². The van der Waals surface area contributed by atoms with Gasteiger partial charge in [0.1, 0.15) is 0 Å². The lowest BCUT2D eigenvalue weighted by Crippen LogP contribution is -2.38. The van der Waals surface area contributed by atoms with Gasteiger partial charge >= 0.3 is 0 Å². The van der Waals surface area contributed by atoms with Gasteiger partial charge in [-0.2, -0.15) is 0 Å². The van der Waals surface area contributed by atoms with Gasteiger partial charge in [-0.15, -0.1) is 12.4 Å². The van der Waals surface area contributed by atoms with Crippen LogP contribution in [-0.4, -0.2) is 18.5 Å². The summed E-state index contributed by atoms with van der Waals surface area (Å²) in [4.78, 5) is 11.8. The molecular formula is C11H16ClIN2O. The summed E-state index contributed by atoms with van der Waals surface area (Å²) in [5.41, 5.74) is 7.19. The van der Waals surface area contributed by atoms with E-state index in [1.165, 1.54) is 0 Å². The Morgan fingerprint density at radius 3 is 2.75 bits per heavy atom. The Morgan fingerprint density at radius 1 is 1.56 bits per heavy atom. The van der Waals surface area contributed by atoms with Crippen LogP contribution < -0.4 is 11.1 Å². The van der Waals surface area contributed by atoms with Gasteiger partial charge in [0.05, 0.1) is 0 Å². The molecule has 0 saturated heterocycles. The molecule has 1 aromatic carbocycles. The minimum absolute atomic E-state index is 0. The Bertz CT molecular complexity index is 371. The van der Waals surface area contributed by atoms with E-state index in [1.807, 2.05) is 32.0 Å². The lowest BCUT2D eigenvalue weighted by atomic mass is 10.1. The third-order valence-electron chi connectivity index (χ3n) is 2.24. The van der Waals surface area contributed by atoms with Gasteiger partial charge in [-0.05, 0) is 54.1 Å². The monoisotopic (exact) mass is 354 g/mol. The Balaban J connectivity index is 0.00000225. The number of amides is 1. The molecule has 0 aliphatic rings. The van der Waals surface area contributed by atoms with Crippen molar-refractivity contribution in [3.05, 3.63) is 32.9 Å². The van der Waals surface area contributed by atoms with Crippen molar-refractivity contribution in [1.82, 2.24) is 5.32 Å². The molecule has 0 aliphatic carbocycles. The highest BCUT2D eigenvalue weighted by Gasteiger charge is 2.11. The first kappa shape index (κ1) is 15.7. The van der Waals surface area contributed by atoms with Gasteiger partial charge in [0.15, 0.2) is 0 Å². The molecule has 0 bridgehead atoms. The van der Waals surface area contributed by atoms with Crippen LogP contribution in [0, 0.1) is 10.5 Å². The molecule has 1 rings (SSSR count). The maximum absolute atomic E-state index is 11.8. The molecular weight excluding hydrogens is 338 g/mol. The number of halogens is 2. The van der Waals surface area contributed by atoms with Crippen LogP contribution in [0.3, 0.4) is 0 Å². The minimum atomic E-state index is -0.0519. The Hall–Kier alpha value is -0.330. The molecule has 0 aromatic heterocycles. The lowest BCUT2D eigenvalue weighted by molar-refractivity contribution is 0.0940. The summed E-state index contributed by atoms with van der Waals surface area (Å²) in [6.07, 6.45) is 0. The fraction of sp³-hybridized carbons (Fsp3) is 0.364. The fourth-order valence-electron chi connectivity index (χ4n) is 1.21. The summed E-state index contributed by atoms with van der Waals surface area (Å²) in [5.74, 6) is -0.0519. The molecule has 1 atom stereocenters. The Labute approximate surface area is 116 Å². The smallest absolute Gasteiger partial charge is 0.251 e. The second-order valence-corrected chi connectivity index (χ2v) is 4.68. The van der Waals surface area contributed by atoms with Crippen LogP contribution in [0.5, 0.6) is 0 Å². The van der Waals surface area contributed by atoms with Crippen molar-refractivity contribution in [3.63, 3.8) is 0 Å². The van der Waals surface area contributed by atoms with Crippen LogP contribution in [-0.2, 0) is 0 Å². The van der Waals surface area contributed by atoms with E-state index in [9.17, 15) is 4.79 Å².